The van der Waals surface area contributed by atoms with Gasteiger partial charge in [0, 0.05) is 11.3 Å². The van der Waals surface area contributed by atoms with E-state index in [1.54, 1.807) is 0 Å². The smallest absolute Gasteiger partial charge is 0.174 e. The first-order valence-electron chi connectivity index (χ1n) is 5.04. The predicted octanol–water partition coefficient (Wildman–Crippen LogP) is 2.11. The molecule has 0 radical (unpaired) electrons. The number of nitrogens with zero attached hydrogens (tertiary/aromatic N) is 2. The highest BCUT2D eigenvalue weighted by Crippen LogP contribution is 2.32. The fourth-order valence-electron chi connectivity index (χ4n) is 2.22. The van der Waals surface area contributed by atoms with Gasteiger partial charge in [0.1, 0.15) is 0 Å². The van der Waals surface area contributed by atoms with Gasteiger partial charge in [-0.1, -0.05) is 0 Å². The Morgan fingerprint density at radius 1 is 1.36 bits per heavy atom. The summed E-state index contributed by atoms with van der Waals surface area (Å²) in [5.41, 5.74) is 3.61. The fraction of sp³-hybridized carbons (Fsp3) is 0.500. The number of hydrogen-bond donors (Lipinski definition) is 2. The summed E-state index contributed by atoms with van der Waals surface area (Å²) in [4.78, 5) is 0. The molecule has 0 aromatic carbocycles. The molecule has 0 aromatic rings. The Labute approximate surface area is 82.3 Å². The van der Waals surface area contributed by atoms with Gasteiger partial charge in [-0.15, -0.1) is 5.11 Å². The van der Waals surface area contributed by atoms with Crippen molar-refractivity contribution in [2.45, 2.75) is 31.8 Å². The van der Waals surface area contributed by atoms with Gasteiger partial charge in [0.2, 0.25) is 0 Å². The monoisotopic (exact) mass is 188 g/mol. The molecule has 72 valence electrons. The molecular weight excluding hydrogens is 176 g/mol. The van der Waals surface area contributed by atoms with Gasteiger partial charge in [0.05, 0.1) is 0 Å². The van der Waals surface area contributed by atoms with Crippen LogP contribution in [0.1, 0.15) is 25.7 Å². The van der Waals surface area contributed by atoms with Crippen molar-refractivity contribution in [2.75, 3.05) is 0 Å². The van der Waals surface area contributed by atoms with Crippen LogP contribution in [0.15, 0.2) is 33.1 Å². The number of amidine groups is 1. The molecule has 0 amide bonds. The molecule has 4 nitrogen and oxygen atoms in total. The van der Waals surface area contributed by atoms with E-state index in [1.165, 1.54) is 24.1 Å². The van der Waals surface area contributed by atoms with Crippen molar-refractivity contribution >= 4 is 5.84 Å². The summed E-state index contributed by atoms with van der Waals surface area (Å²) >= 11 is 0. The summed E-state index contributed by atoms with van der Waals surface area (Å²) in [5.74, 6) is 0.319. The van der Waals surface area contributed by atoms with Crippen LogP contribution in [-0.4, -0.2) is 12.0 Å². The molecule has 2 N–H and O–H groups in total. The molecule has 1 aliphatic carbocycles. The summed E-state index contributed by atoms with van der Waals surface area (Å²) in [6.45, 7) is 0. The topological polar surface area (TPSA) is 60.6 Å². The van der Waals surface area contributed by atoms with Gasteiger partial charge >= 0.3 is 0 Å². The summed E-state index contributed by atoms with van der Waals surface area (Å²) in [5, 5.41) is 18.8. The maximum Gasteiger partial charge on any atom is 0.174 e. The Hall–Kier alpha value is -1.45. The second-order valence-electron chi connectivity index (χ2n) is 3.92. The van der Waals surface area contributed by atoms with Crippen molar-refractivity contribution in [1.82, 2.24) is 5.32 Å². The molecular formula is C10H12N4. The molecule has 3 aliphatic rings. The van der Waals surface area contributed by atoms with Crippen LogP contribution in [0.25, 0.3) is 0 Å². The molecule has 1 atom stereocenters. The maximum atomic E-state index is 7.59. The van der Waals surface area contributed by atoms with Gasteiger partial charge in [-0.3, -0.25) is 5.41 Å². The minimum atomic E-state index is -0.0700. The number of hydrogen-bond acceptors (Lipinski definition) is 3. The number of nitrogens with one attached hydrogen (secondary N) is 2. The van der Waals surface area contributed by atoms with Gasteiger partial charge in [0.15, 0.2) is 12.0 Å². The van der Waals surface area contributed by atoms with E-state index in [0.29, 0.717) is 5.84 Å². The van der Waals surface area contributed by atoms with E-state index in [4.69, 9.17) is 5.41 Å². The van der Waals surface area contributed by atoms with Crippen LogP contribution in [0.4, 0.5) is 0 Å². The van der Waals surface area contributed by atoms with Crippen molar-refractivity contribution in [3.05, 3.63) is 22.9 Å². The zero-order valence-electron chi connectivity index (χ0n) is 7.88. The van der Waals surface area contributed by atoms with E-state index in [9.17, 15) is 0 Å². The lowest BCUT2D eigenvalue weighted by Crippen LogP contribution is -2.32. The second-order valence-corrected chi connectivity index (χ2v) is 3.92. The van der Waals surface area contributed by atoms with Crippen LogP contribution < -0.4 is 5.32 Å². The Balaban J connectivity index is 2.01. The molecule has 0 fully saturated rings. The van der Waals surface area contributed by atoms with Crippen molar-refractivity contribution in [3.63, 3.8) is 0 Å². The predicted molar refractivity (Wildman–Crippen MR) is 53.1 cm³/mol. The molecule has 0 spiro atoms. The first-order valence-corrected chi connectivity index (χ1v) is 5.04. The molecule has 0 saturated carbocycles. The average Bonchev–Trinajstić information content (AvgIpc) is 2.57. The average molecular weight is 188 g/mol. The SMILES string of the molecule is N=C1N=N[C@@H]2NC3=C(C=C12)CCCC3. The molecule has 3 rings (SSSR count). The largest absolute Gasteiger partial charge is 0.362 e. The van der Waals surface area contributed by atoms with Crippen LogP contribution in [0.5, 0.6) is 0 Å². The standard InChI is InChI=1S/C10H12N4/c11-9-7-5-6-3-1-2-4-8(6)12-10(7)14-13-9/h5,10-12H,1-4H2/t10-/m0/s1. The minimum absolute atomic E-state index is 0.0700. The van der Waals surface area contributed by atoms with E-state index in [1.807, 2.05) is 0 Å². The highest BCUT2D eigenvalue weighted by Gasteiger charge is 2.29. The van der Waals surface area contributed by atoms with E-state index < -0.39 is 0 Å². The Bertz CT molecular complexity index is 389. The number of fused-ring (bicyclic) bond motifs is 1. The Morgan fingerprint density at radius 3 is 3.14 bits per heavy atom. The Morgan fingerprint density at radius 2 is 2.21 bits per heavy atom. The van der Waals surface area contributed by atoms with Crippen molar-refractivity contribution < 1.29 is 0 Å². The molecule has 0 bridgehead atoms. The van der Waals surface area contributed by atoms with E-state index in [0.717, 1.165) is 18.4 Å². The highest BCUT2D eigenvalue weighted by atomic mass is 15.3. The molecule has 4 heteroatoms. The fourth-order valence-corrected chi connectivity index (χ4v) is 2.22. The number of rotatable bonds is 0. The number of azo groups is 1. The summed E-state index contributed by atoms with van der Waals surface area (Å²) in [6.07, 6.45) is 6.81. The lowest BCUT2D eigenvalue weighted by Gasteiger charge is -2.26. The molecule has 2 heterocycles. The second kappa shape index (κ2) is 2.77. The van der Waals surface area contributed by atoms with Crippen LogP contribution in [0.2, 0.25) is 0 Å². The van der Waals surface area contributed by atoms with E-state index in [-0.39, 0.29) is 6.17 Å². The molecule has 0 aromatic heterocycles. The van der Waals surface area contributed by atoms with Gasteiger partial charge < -0.3 is 5.32 Å². The van der Waals surface area contributed by atoms with E-state index in [2.05, 4.69) is 21.6 Å². The van der Waals surface area contributed by atoms with Crippen LogP contribution in [0.3, 0.4) is 0 Å². The molecule has 14 heavy (non-hydrogen) atoms. The van der Waals surface area contributed by atoms with Gasteiger partial charge in [-0.2, -0.15) is 5.11 Å². The zero-order chi connectivity index (χ0) is 9.54. The summed E-state index contributed by atoms with van der Waals surface area (Å²) in [7, 11) is 0. The number of allylic oxidation sites excluding steroid dienone is 3. The maximum absolute atomic E-state index is 7.59. The lowest BCUT2D eigenvalue weighted by atomic mass is 9.91. The third-order valence-corrected chi connectivity index (χ3v) is 2.99. The van der Waals surface area contributed by atoms with Gasteiger partial charge in [-0.25, -0.2) is 0 Å². The van der Waals surface area contributed by atoms with Gasteiger partial charge in [-0.05, 0) is 37.3 Å². The Kier molecular flexibility index (Phi) is 1.56. The molecule has 0 unspecified atom stereocenters. The quantitative estimate of drug-likeness (QED) is 0.601. The minimum Gasteiger partial charge on any atom is -0.362 e. The number of dihydropyridines is 1. The van der Waals surface area contributed by atoms with Crippen molar-refractivity contribution in [3.8, 4) is 0 Å². The van der Waals surface area contributed by atoms with Crippen LogP contribution in [0, 0.1) is 5.41 Å². The third kappa shape index (κ3) is 1.03. The van der Waals surface area contributed by atoms with Gasteiger partial charge in [0.25, 0.3) is 0 Å². The van der Waals surface area contributed by atoms with Crippen molar-refractivity contribution in [1.29, 1.82) is 5.41 Å². The zero-order valence-corrected chi connectivity index (χ0v) is 7.88. The first-order chi connectivity index (χ1) is 6.84. The first kappa shape index (κ1) is 7.91. The molecule has 0 saturated heterocycles. The normalized spacial score (nSPS) is 29.6. The van der Waals surface area contributed by atoms with Crippen molar-refractivity contribution in [2.24, 2.45) is 10.2 Å². The third-order valence-electron chi connectivity index (χ3n) is 2.99. The summed E-state index contributed by atoms with van der Waals surface area (Å²) in [6, 6.07) is 0. The highest BCUT2D eigenvalue weighted by molar-refractivity contribution is 5.99. The van der Waals surface area contributed by atoms with E-state index >= 15 is 0 Å². The lowest BCUT2D eigenvalue weighted by molar-refractivity contribution is 0.572. The molecule has 2 aliphatic heterocycles. The van der Waals surface area contributed by atoms with Crippen LogP contribution >= 0.6 is 0 Å². The van der Waals surface area contributed by atoms with Crippen LogP contribution in [-0.2, 0) is 0 Å². The summed E-state index contributed by atoms with van der Waals surface area (Å²) < 4.78 is 0.